The number of amides is 1. The van der Waals surface area contributed by atoms with Gasteiger partial charge < -0.3 is 0 Å². The molecule has 0 bridgehead atoms. The van der Waals surface area contributed by atoms with Gasteiger partial charge in [-0.2, -0.15) is 0 Å². The molecule has 0 aliphatic carbocycles. The first kappa shape index (κ1) is 10.3. The molecule has 0 atom stereocenters. The number of nitrogens with zero attached hydrogens (tertiary/aromatic N) is 4. The number of aromatic nitrogens is 4. The number of rotatable bonds is 3. The zero-order chi connectivity index (χ0) is 11.4. The minimum absolute atomic E-state index is 0.217. The van der Waals surface area contributed by atoms with Crippen LogP contribution in [0.15, 0.2) is 30.3 Å². The van der Waals surface area contributed by atoms with E-state index in [-0.39, 0.29) is 5.91 Å². The van der Waals surface area contributed by atoms with Crippen LogP contribution in [0.5, 0.6) is 0 Å². The van der Waals surface area contributed by atoms with Crippen LogP contribution in [0.4, 0.5) is 5.95 Å². The van der Waals surface area contributed by atoms with Gasteiger partial charge in [0.25, 0.3) is 5.91 Å². The van der Waals surface area contributed by atoms with Gasteiger partial charge in [-0.3, -0.25) is 10.1 Å². The van der Waals surface area contributed by atoms with Crippen molar-refractivity contribution in [2.45, 2.75) is 13.5 Å². The molecule has 0 radical (unpaired) electrons. The molecule has 1 aromatic heterocycles. The van der Waals surface area contributed by atoms with Gasteiger partial charge in [-0.1, -0.05) is 23.3 Å². The highest BCUT2D eigenvalue weighted by Gasteiger charge is 2.09. The average molecular weight is 217 g/mol. The third-order valence-corrected chi connectivity index (χ3v) is 2.09. The maximum Gasteiger partial charge on any atom is 0.258 e. The number of nitrogens with one attached hydrogen (secondary N) is 1. The van der Waals surface area contributed by atoms with Crippen LogP contribution in [0.2, 0.25) is 0 Å². The van der Waals surface area contributed by atoms with Crippen LogP contribution < -0.4 is 5.32 Å². The van der Waals surface area contributed by atoms with Crippen molar-refractivity contribution in [1.29, 1.82) is 0 Å². The number of carbonyl (C=O) groups excluding carboxylic acids is 1. The van der Waals surface area contributed by atoms with Crippen LogP contribution >= 0.6 is 0 Å². The molecule has 82 valence electrons. The summed E-state index contributed by atoms with van der Waals surface area (Å²) in [5.41, 5.74) is 0.577. The van der Waals surface area contributed by atoms with Crippen molar-refractivity contribution in [3.63, 3.8) is 0 Å². The SMILES string of the molecule is CCn1nnnc1NC(=O)c1ccccc1. The Bertz CT molecular complexity index is 479. The van der Waals surface area contributed by atoms with Gasteiger partial charge in [-0.05, 0) is 29.5 Å². The van der Waals surface area contributed by atoms with Gasteiger partial charge in [0.05, 0.1) is 0 Å². The van der Waals surface area contributed by atoms with E-state index >= 15 is 0 Å². The zero-order valence-corrected chi connectivity index (χ0v) is 8.79. The fourth-order valence-corrected chi connectivity index (χ4v) is 1.27. The summed E-state index contributed by atoms with van der Waals surface area (Å²) in [5, 5.41) is 13.6. The van der Waals surface area contributed by atoms with E-state index in [1.165, 1.54) is 4.68 Å². The Labute approximate surface area is 92.3 Å². The molecule has 2 rings (SSSR count). The van der Waals surface area contributed by atoms with Gasteiger partial charge >= 0.3 is 0 Å². The predicted octanol–water partition coefficient (Wildman–Crippen LogP) is 0.945. The largest absolute Gasteiger partial charge is 0.289 e. The molecule has 1 N–H and O–H groups in total. The molecular formula is C10H11N5O. The van der Waals surface area contributed by atoms with E-state index in [1.54, 1.807) is 24.3 Å². The van der Waals surface area contributed by atoms with Crippen LogP contribution in [-0.2, 0) is 6.54 Å². The van der Waals surface area contributed by atoms with Gasteiger partial charge in [-0.15, -0.1) is 0 Å². The standard InChI is InChI=1S/C10H11N5O/c1-2-15-10(12-13-14-15)11-9(16)8-6-4-3-5-7-8/h3-7H,2H2,1H3,(H,11,12,14,16). The number of carbonyl (C=O) groups is 1. The molecule has 0 unspecified atom stereocenters. The Morgan fingerprint density at radius 3 is 2.81 bits per heavy atom. The second-order valence-corrected chi connectivity index (χ2v) is 3.14. The first-order chi connectivity index (χ1) is 7.81. The maximum absolute atomic E-state index is 11.8. The van der Waals surface area contributed by atoms with Gasteiger partial charge in [0, 0.05) is 12.1 Å². The quantitative estimate of drug-likeness (QED) is 0.830. The molecular weight excluding hydrogens is 206 g/mol. The van der Waals surface area contributed by atoms with Crippen LogP contribution in [0, 0.1) is 0 Å². The smallest absolute Gasteiger partial charge is 0.258 e. The van der Waals surface area contributed by atoms with Crippen LogP contribution in [0.1, 0.15) is 17.3 Å². The molecule has 1 aromatic carbocycles. The molecule has 6 nitrogen and oxygen atoms in total. The van der Waals surface area contributed by atoms with Crippen molar-refractivity contribution in [3.05, 3.63) is 35.9 Å². The molecule has 0 aliphatic rings. The molecule has 0 fully saturated rings. The highest BCUT2D eigenvalue weighted by Crippen LogP contribution is 2.04. The molecule has 0 spiro atoms. The zero-order valence-electron chi connectivity index (χ0n) is 8.79. The Balaban J connectivity index is 2.14. The average Bonchev–Trinajstić information content (AvgIpc) is 2.77. The predicted molar refractivity (Wildman–Crippen MR) is 57.9 cm³/mol. The number of benzene rings is 1. The van der Waals surface area contributed by atoms with Crippen LogP contribution in [-0.4, -0.2) is 26.1 Å². The van der Waals surface area contributed by atoms with Crippen LogP contribution in [0.25, 0.3) is 0 Å². The molecule has 0 aliphatic heterocycles. The monoisotopic (exact) mass is 217 g/mol. The summed E-state index contributed by atoms with van der Waals surface area (Å²) in [6.45, 7) is 2.51. The Morgan fingerprint density at radius 1 is 1.38 bits per heavy atom. The molecule has 0 saturated carbocycles. The van der Waals surface area contributed by atoms with E-state index in [4.69, 9.17) is 0 Å². The summed E-state index contributed by atoms with van der Waals surface area (Å²) >= 11 is 0. The summed E-state index contributed by atoms with van der Waals surface area (Å²) in [7, 11) is 0. The Hall–Kier alpha value is -2.24. The highest BCUT2D eigenvalue weighted by molar-refractivity contribution is 6.03. The number of hydrogen-bond donors (Lipinski definition) is 1. The lowest BCUT2D eigenvalue weighted by molar-refractivity contribution is 0.102. The summed E-state index contributed by atoms with van der Waals surface area (Å²) in [6, 6.07) is 8.92. The number of anilines is 1. The first-order valence-electron chi connectivity index (χ1n) is 4.94. The van der Waals surface area contributed by atoms with E-state index in [0.29, 0.717) is 18.1 Å². The number of hydrogen-bond acceptors (Lipinski definition) is 4. The minimum atomic E-state index is -0.217. The van der Waals surface area contributed by atoms with Gasteiger partial charge in [0.1, 0.15) is 0 Å². The Morgan fingerprint density at radius 2 is 2.12 bits per heavy atom. The minimum Gasteiger partial charge on any atom is -0.289 e. The van der Waals surface area contributed by atoms with E-state index in [9.17, 15) is 4.79 Å². The summed E-state index contributed by atoms with van der Waals surface area (Å²) in [4.78, 5) is 11.8. The van der Waals surface area contributed by atoms with Gasteiger partial charge in [0.15, 0.2) is 0 Å². The van der Waals surface area contributed by atoms with Crippen LogP contribution in [0.3, 0.4) is 0 Å². The molecule has 1 heterocycles. The third-order valence-electron chi connectivity index (χ3n) is 2.09. The second kappa shape index (κ2) is 4.52. The van der Waals surface area contributed by atoms with Crippen molar-refractivity contribution < 1.29 is 4.79 Å². The number of tetrazole rings is 1. The van der Waals surface area contributed by atoms with Crippen molar-refractivity contribution >= 4 is 11.9 Å². The van der Waals surface area contributed by atoms with E-state index in [2.05, 4.69) is 20.8 Å². The summed E-state index contributed by atoms with van der Waals surface area (Å²) in [5.74, 6) is 0.140. The fraction of sp³-hybridized carbons (Fsp3) is 0.200. The second-order valence-electron chi connectivity index (χ2n) is 3.14. The lowest BCUT2D eigenvalue weighted by Crippen LogP contribution is -2.16. The molecule has 1 amide bonds. The van der Waals surface area contributed by atoms with E-state index in [1.807, 2.05) is 13.0 Å². The van der Waals surface area contributed by atoms with Crippen molar-refractivity contribution in [2.24, 2.45) is 0 Å². The summed E-state index contributed by atoms with van der Waals surface area (Å²) in [6.07, 6.45) is 0. The maximum atomic E-state index is 11.8. The summed E-state index contributed by atoms with van der Waals surface area (Å²) < 4.78 is 1.51. The number of aryl methyl sites for hydroxylation is 1. The van der Waals surface area contributed by atoms with Crippen molar-refractivity contribution in [3.8, 4) is 0 Å². The molecule has 0 saturated heterocycles. The normalized spacial score (nSPS) is 10.1. The molecule has 6 heteroatoms. The lowest BCUT2D eigenvalue weighted by Gasteiger charge is -2.03. The Kier molecular flexibility index (Phi) is 2.90. The van der Waals surface area contributed by atoms with Crippen molar-refractivity contribution in [1.82, 2.24) is 20.2 Å². The van der Waals surface area contributed by atoms with Gasteiger partial charge in [-0.25, -0.2) is 4.68 Å². The topological polar surface area (TPSA) is 72.7 Å². The van der Waals surface area contributed by atoms with Crippen molar-refractivity contribution in [2.75, 3.05) is 5.32 Å². The van der Waals surface area contributed by atoms with E-state index in [0.717, 1.165) is 0 Å². The third kappa shape index (κ3) is 2.05. The lowest BCUT2D eigenvalue weighted by atomic mass is 10.2. The van der Waals surface area contributed by atoms with E-state index < -0.39 is 0 Å². The molecule has 2 aromatic rings. The first-order valence-corrected chi connectivity index (χ1v) is 4.94. The highest BCUT2D eigenvalue weighted by atomic mass is 16.1. The van der Waals surface area contributed by atoms with Gasteiger partial charge in [0.2, 0.25) is 5.95 Å². The molecule has 16 heavy (non-hydrogen) atoms. The fourth-order valence-electron chi connectivity index (χ4n) is 1.27.